The lowest BCUT2D eigenvalue weighted by atomic mass is 10.1. The number of rotatable bonds is 17. The van der Waals surface area contributed by atoms with Crippen molar-refractivity contribution in [3.05, 3.63) is 68.3 Å². The molecule has 2 heterocycles. The van der Waals surface area contributed by atoms with Gasteiger partial charge in [-0.05, 0) is 86.8 Å². The predicted octanol–water partition coefficient (Wildman–Crippen LogP) is 4.49. The number of carbonyl (C=O) groups is 3. The quantitative estimate of drug-likeness (QED) is 0.157. The molecule has 0 aliphatic heterocycles. The van der Waals surface area contributed by atoms with E-state index >= 15 is 0 Å². The lowest BCUT2D eigenvalue weighted by molar-refractivity contribution is -0.123. The molecule has 44 heavy (non-hydrogen) atoms. The number of hydrogen-bond acceptors (Lipinski definition) is 10. The van der Waals surface area contributed by atoms with Gasteiger partial charge in [-0.3, -0.25) is 14.4 Å². The van der Waals surface area contributed by atoms with Gasteiger partial charge in [-0.1, -0.05) is 6.92 Å². The minimum atomic E-state index is -0.357. The number of carbonyl (C=O) groups excluding carboxylic acids is 3. The average molecular weight is 658 g/mol. The highest BCUT2D eigenvalue weighted by atomic mass is 32.2. The third-order valence-corrected chi connectivity index (χ3v) is 9.47. The van der Waals surface area contributed by atoms with Crippen molar-refractivity contribution in [2.75, 3.05) is 38.5 Å². The molecule has 13 heteroatoms. The van der Waals surface area contributed by atoms with Crippen LogP contribution in [0.1, 0.15) is 71.1 Å². The summed E-state index contributed by atoms with van der Waals surface area (Å²) in [5.74, 6) is 0.0272. The van der Waals surface area contributed by atoms with Gasteiger partial charge in [-0.2, -0.15) is 11.3 Å². The Bertz CT molecular complexity index is 1360. The molecular weight excluding hydrogens is 615 g/mol. The van der Waals surface area contributed by atoms with Crippen molar-refractivity contribution < 1.29 is 14.4 Å². The molecule has 10 nitrogen and oxygen atoms in total. The highest BCUT2D eigenvalue weighted by Gasteiger charge is 2.25. The zero-order valence-electron chi connectivity index (χ0n) is 26.0. The van der Waals surface area contributed by atoms with Gasteiger partial charge < -0.3 is 25.6 Å². The largest absolute Gasteiger partial charge is 0.354 e. The Labute approximate surface area is 272 Å². The van der Waals surface area contributed by atoms with E-state index in [0.29, 0.717) is 36.4 Å². The molecule has 238 valence electrons. The Balaban J connectivity index is 1.52. The van der Waals surface area contributed by atoms with Gasteiger partial charge in [0.25, 0.3) is 11.8 Å². The summed E-state index contributed by atoms with van der Waals surface area (Å²) in [6.07, 6.45) is 3.49. The van der Waals surface area contributed by atoms with E-state index in [1.165, 1.54) is 36.3 Å². The molecule has 0 radical (unpaired) electrons. The summed E-state index contributed by atoms with van der Waals surface area (Å²) in [5.41, 5.74) is 5.16. The van der Waals surface area contributed by atoms with Crippen LogP contribution in [0.5, 0.6) is 0 Å². The molecule has 3 aromatic rings. The Kier molecular flexibility index (Phi) is 12.6. The maximum Gasteiger partial charge on any atom is 0.251 e. The molecule has 1 aliphatic rings. The Morgan fingerprint density at radius 2 is 1.77 bits per heavy atom. The molecule has 1 aliphatic carbocycles. The minimum absolute atomic E-state index is 0.0143. The lowest BCUT2D eigenvalue weighted by Crippen LogP contribution is -2.50. The van der Waals surface area contributed by atoms with E-state index in [1.807, 2.05) is 65.8 Å². The summed E-state index contributed by atoms with van der Waals surface area (Å²) >= 11 is 4.53. The molecule has 1 saturated carbocycles. The third-order valence-electron chi connectivity index (χ3n) is 7.35. The second-order valence-electron chi connectivity index (χ2n) is 11.3. The number of benzene rings is 1. The number of nitrogens with one attached hydrogen (secondary N) is 4. The zero-order valence-corrected chi connectivity index (χ0v) is 28.4. The van der Waals surface area contributed by atoms with Crippen molar-refractivity contribution in [1.82, 2.24) is 30.6 Å². The number of amides is 3. The van der Waals surface area contributed by atoms with Crippen LogP contribution >= 0.6 is 34.8 Å². The second kappa shape index (κ2) is 16.4. The van der Waals surface area contributed by atoms with E-state index in [2.05, 4.69) is 26.3 Å². The Morgan fingerprint density at radius 3 is 2.36 bits per heavy atom. The topological polar surface area (TPSA) is 119 Å². The fourth-order valence-corrected chi connectivity index (χ4v) is 6.68. The first kappa shape index (κ1) is 33.9. The van der Waals surface area contributed by atoms with Crippen LogP contribution in [0.25, 0.3) is 0 Å². The molecular formula is C31H43N7O3S3. The molecule has 2 aromatic heterocycles. The van der Waals surface area contributed by atoms with Gasteiger partial charge in [-0.25, -0.2) is 9.29 Å². The van der Waals surface area contributed by atoms with Crippen LogP contribution in [-0.4, -0.2) is 73.3 Å². The fraction of sp³-hybridized carbons (Fsp3) is 0.484. The first-order chi connectivity index (χ1) is 21.1. The van der Waals surface area contributed by atoms with Gasteiger partial charge in [0, 0.05) is 66.9 Å². The summed E-state index contributed by atoms with van der Waals surface area (Å²) in [7, 11) is 5.75. The average Bonchev–Trinajstić information content (AvgIpc) is 3.40. The van der Waals surface area contributed by atoms with Crippen molar-refractivity contribution >= 4 is 58.2 Å². The maximum atomic E-state index is 13.8. The van der Waals surface area contributed by atoms with Gasteiger partial charge in [0.05, 0.1) is 23.3 Å². The van der Waals surface area contributed by atoms with Crippen molar-refractivity contribution in [2.24, 2.45) is 5.92 Å². The number of nitrogens with zero attached hydrogens (tertiary/aromatic N) is 3. The van der Waals surface area contributed by atoms with E-state index in [9.17, 15) is 14.4 Å². The van der Waals surface area contributed by atoms with Crippen LogP contribution in [0.4, 0.5) is 5.69 Å². The SMILES string of the molecule is CC[C@H](NC[C@H](Cc1cscn1)NC(=O)c1cc(C(=O)NC(C)c2ccsc2)cc(N(C)SN(C)C)c1)C(=O)NCC1CC1. The summed E-state index contributed by atoms with van der Waals surface area (Å²) in [6, 6.07) is 6.35. The number of anilines is 1. The molecule has 0 bridgehead atoms. The molecule has 1 unspecified atom stereocenters. The highest BCUT2D eigenvalue weighted by molar-refractivity contribution is 7.98. The van der Waals surface area contributed by atoms with Crippen LogP contribution in [0.15, 0.2) is 45.9 Å². The maximum absolute atomic E-state index is 13.8. The molecule has 4 rings (SSSR count). The summed E-state index contributed by atoms with van der Waals surface area (Å²) < 4.78 is 3.85. The van der Waals surface area contributed by atoms with Gasteiger partial charge in [0.15, 0.2) is 0 Å². The van der Waals surface area contributed by atoms with Crippen molar-refractivity contribution in [3.63, 3.8) is 0 Å². The molecule has 3 amide bonds. The standard InChI is InChI=1S/C31H43N7O3S3/c1-6-28(31(41)33-15-21-7-8-21)32-16-25(14-26-18-43-19-34-26)36-30(40)24-11-23(12-27(13-24)38(5)44-37(3)4)29(39)35-20(2)22-9-10-42-17-22/h9-13,17-21,25,28,32H,6-8,14-16H2,1-5H3,(H,33,41)(H,35,39)(H,36,40)/t20?,25-,28-/m0/s1. The molecule has 1 aromatic carbocycles. The van der Waals surface area contributed by atoms with Gasteiger partial charge in [0.2, 0.25) is 5.91 Å². The molecule has 3 atom stereocenters. The zero-order chi connectivity index (χ0) is 31.6. The molecule has 4 N–H and O–H groups in total. The van der Waals surface area contributed by atoms with E-state index in [0.717, 1.165) is 23.5 Å². The molecule has 1 fully saturated rings. The van der Waals surface area contributed by atoms with Crippen LogP contribution < -0.4 is 25.6 Å². The Hall–Kier alpha value is -2.97. The number of thiazole rings is 1. The Morgan fingerprint density at radius 1 is 1.05 bits per heavy atom. The van der Waals surface area contributed by atoms with Crippen molar-refractivity contribution in [3.8, 4) is 0 Å². The number of thiophene rings is 1. The third kappa shape index (κ3) is 10.3. The van der Waals surface area contributed by atoms with Crippen molar-refractivity contribution in [1.29, 1.82) is 0 Å². The second-order valence-corrected chi connectivity index (χ2v) is 14.3. The monoisotopic (exact) mass is 657 g/mol. The summed E-state index contributed by atoms with van der Waals surface area (Å²) in [6.45, 7) is 5.02. The summed E-state index contributed by atoms with van der Waals surface area (Å²) in [5, 5.41) is 18.6. The number of hydrogen-bond donors (Lipinski definition) is 4. The fourth-order valence-electron chi connectivity index (χ4n) is 4.66. The van der Waals surface area contributed by atoms with E-state index in [4.69, 9.17) is 0 Å². The van der Waals surface area contributed by atoms with Crippen molar-refractivity contribution in [2.45, 2.75) is 57.7 Å². The lowest BCUT2D eigenvalue weighted by Gasteiger charge is -2.24. The van der Waals surface area contributed by atoms with Gasteiger partial charge >= 0.3 is 0 Å². The first-order valence-electron chi connectivity index (χ1n) is 14.9. The van der Waals surface area contributed by atoms with Crippen LogP contribution in [0.3, 0.4) is 0 Å². The van der Waals surface area contributed by atoms with E-state index in [-0.39, 0.29) is 35.8 Å². The van der Waals surface area contributed by atoms with Crippen LogP contribution in [0.2, 0.25) is 0 Å². The van der Waals surface area contributed by atoms with Gasteiger partial charge in [0.1, 0.15) is 0 Å². The van der Waals surface area contributed by atoms with Crippen LogP contribution in [-0.2, 0) is 11.2 Å². The first-order valence-corrected chi connectivity index (χ1v) is 17.5. The summed E-state index contributed by atoms with van der Waals surface area (Å²) in [4.78, 5) is 44.4. The predicted molar refractivity (Wildman–Crippen MR) is 181 cm³/mol. The van der Waals surface area contributed by atoms with E-state index < -0.39 is 0 Å². The molecule has 0 spiro atoms. The minimum Gasteiger partial charge on any atom is -0.354 e. The highest BCUT2D eigenvalue weighted by Crippen LogP contribution is 2.28. The smallest absolute Gasteiger partial charge is 0.251 e. The van der Waals surface area contributed by atoms with Crippen LogP contribution in [0, 0.1) is 5.92 Å². The number of aromatic nitrogens is 1. The van der Waals surface area contributed by atoms with E-state index in [1.54, 1.807) is 35.0 Å². The van der Waals surface area contributed by atoms with Gasteiger partial charge in [-0.15, -0.1) is 11.3 Å². The molecule has 0 saturated heterocycles. The normalized spacial score (nSPS) is 15.0.